The summed E-state index contributed by atoms with van der Waals surface area (Å²) < 4.78 is 7.36. The fraction of sp³-hybridized carbons (Fsp3) is 0.125. The number of anilines is 2. The van der Waals surface area contributed by atoms with Gasteiger partial charge in [-0.1, -0.05) is 42.1 Å². The van der Waals surface area contributed by atoms with E-state index in [-0.39, 0.29) is 11.7 Å². The second kappa shape index (κ2) is 10.0. The van der Waals surface area contributed by atoms with Crippen LogP contribution in [0.4, 0.5) is 11.4 Å². The molecule has 0 saturated heterocycles. The SMILES string of the molecule is CCOc1ccc(NC(=O)CSc2nnc(-c3cccc(N)c3)n2-c2ccccc2)cc1. The molecule has 0 radical (unpaired) electrons. The third kappa shape index (κ3) is 5.09. The smallest absolute Gasteiger partial charge is 0.234 e. The van der Waals surface area contributed by atoms with Crippen molar-refractivity contribution >= 4 is 29.0 Å². The topological polar surface area (TPSA) is 95.1 Å². The van der Waals surface area contributed by atoms with E-state index in [4.69, 9.17) is 10.5 Å². The van der Waals surface area contributed by atoms with Crippen LogP contribution in [0.1, 0.15) is 6.92 Å². The highest BCUT2D eigenvalue weighted by atomic mass is 32.2. The quantitative estimate of drug-likeness (QED) is 0.303. The predicted octanol–water partition coefficient (Wildman–Crippen LogP) is 4.65. The first kappa shape index (κ1) is 21.5. The molecule has 4 aromatic rings. The lowest BCUT2D eigenvalue weighted by molar-refractivity contribution is -0.113. The van der Waals surface area contributed by atoms with Gasteiger partial charge in [-0.25, -0.2) is 0 Å². The maximum absolute atomic E-state index is 12.5. The molecule has 0 aliphatic rings. The number of para-hydroxylation sites is 1. The van der Waals surface area contributed by atoms with Crippen molar-refractivity contribution in [2.24, 2.45) is 0 Å². The van der Waals surface area contributed by atoms with Crippen LogP contribution >= 0.6 is 11.8 Å². The van der Waals surface area contributed by atoms with Crippen LogP contribution in [0.2, 0.25) is 0 Å². The molecule has 1 amide bonds. The Kier molecular flexibility index (Phi) is 6.72. The monoisotopic (exact) mass is 445 g/mol. The number of nitrogen functional groups attached to an aromatic ring is 1. The molecule has 0 unspecified atom stereocenters. The van der Waals surface area contributed by atoms with Gasteiger partial charge in [-0.2, -0.15) is 0 Å². The highest BCUT2D eigenvalue weighted by Gasteiger charge is 2.17. The van der Waals surface area contributed by atoms with Gasteiger partial charge in [0.1, 0.15) is 5.75 Å². The van der Waals surface area contributed by atoms with E-state index in [1.54, 1.807) is 0 Å². The van der Waals surface area contributed by atoms with E-state index in [2.05, 4.69) is 15.5 Å². The molecule has 0 aliphatic heterocycles. The maximum Gasteiger partial charge on any atom is 0.234 e. The zero-order valence-corrected chi connectivity index (χ0v) is 18.4. The molecular weight excluding hydrogens is 422 g/mol. The predicted molar refractivity (Wildman–Crippen MR) is 128 cm³/mol. The number of ether oxygens (including phenoxy) is 1. The van der Waals surface area contributed by atoms with Crippen molar-refractivity contribution in [2.75, 3.05) is 23.4 Å². The molecule has 162 valence electrons. The molecule has 0 aliphatic carbocycles. The Morgan fingerprint density at radius 3 is 2.53 bits per heavy atom. The van der Waals surface area contributed by atoms with E-state index in [9.17, 15) is 4.79 Å². The van der Waals surface area contributed by atoms with Crippen molar-refractivity contribution < 1.29 is 9.53 Å². The van der Waals surface area contributed by atoms with Crippen molar-refractivity contribution in [3.63, 3.8) is 0 Å². The lowest BCUT2D eigenvalue weighted by Gasteiger charge is -2.11. The molecule has 0 fully saturated rings. The van der Waals surface area contributed by atoms with Gasteiger partial charge in [0.05, 0.1) is 12.4 Å². The molecule has 0 spiro atoms. The van der Waals surface area contributed by atoms with Gasteiger partial charge in [0.2, 0.25) is 5.91 Å². The molecule has 1 heterocycles. The highest BCUT2D eigenvalue weighted by Crippen LogP contribution is 2.29. The van der Waals surface area contributed by atoms with Gasteiger partial charge in [-0.05, 0) is 55.5 Å². The lowest BCUT2D eigenvalue weighted by atomic mass is 10.2. The van der Waals surface area contributed by atoms with Gasteiger partial charge in [0, 0.05) is 22.6 Å². The molecule has 0 bridgehead atoms. The first-order valence-electron chi connectivity index (χ1n) is 10.2. The van der Waals surface area contributed by atoms with E-state index < -0.39 is 0 Å². The number of hydrogen-bond acceptors (Lipinski definition) is 6. The number of amides is 1. The second-order valence-corrected chi connectivity index (χ2v) is 7.84. The van der Waals surface area contributed by atoms with E-state index in [0.29, 0.717) is 29.0 Å². The average molecular weight is 446 g/mol. The number of benzene rings is 3. The molecule has 3 N–H and O–H groups in total. The Balaban J connectivity index is 1.52. The van der Waals surface area contributed by atoms with Gasteiger partial charge >= 0.3 is 0 Å². The van der Waals surface area contributed by atoms with Crippen LogP contribution in [0.5, 0.6) is 5.75 Å². The third-order valence-electron chi connectivity index (χ3n) is 4.57. The molecule has 32 heavy (non-hydrogen) atoms. The highest BCUT2D eigenvalue weighted by molar-refractivity contribution is 7.99. The summed E-state index contributed by atoms with van der Waals surface area (Å²) in [4.78, 5) is 12.5. The molecule has 0 saturated carbocycles. The second-order valence-electron chi connectivity index (χ2n) is 6.90. The van der Waals surface area contributed by atoms with E-state index >= 15 is 0 Å². The number of carbonyl (C=O) groups is 1. The summed E-state index contributed by atoms with van der Waals surface area (Å²) in [5.41, 5.74) is 9.09. The Labute approximate surface area is 190 Å². The number of aromatic nitrogens is 3. The van der Waals surface area contributed by atoms with Crippen LogP contribution in [-0.2, 0) is 4.79 Å². The van der Waals surface area contributed by atoms with Crippen molar-refractivity contribution in [2.45, 2.75) is 12.1 Å². The summed E-state index contributed by atoms with van der Waals surface area (Å²) in [7, 11) is 0. The zero-order chi connectivity index (χ0) is 22.3. The molecule has 3 aromatic carbocycles. The van der Waals surface area contributed by atoms with Crippen LogP contribution in [0.3, 0.4) is 0 Å². The Hall–Kier alpha value is -3.78. The number of rotatable bonds is 8. The summed E-state index contributed by atoms with van der Waals surface area (Å²) in [6.45, 7) is 2.53. The van der Waals surface area contributed by atoms with E-state index in [0.717, 1.165) is 17.0 Å². The van der Waals surface area contributed by atoms with Gasteiger partial charge < -0.3 is 15.8 Å². The van der Waals surface area contributed by atoms with Crippen molar-refractivity contribution in [1.82, 2.24) is 14.8 Å². The number of nitrogens with one attached hydrogen (secondary N) is 1. The number of nitrogens with two attached hydrogens (primary N) is 1. The minimum atomic E-state index is -0.132. The molecule has 8 heteroatoms. The molecule has 7 nitrogen and oxygen atoms in total. The van der Waals surface area contributed by atoms with E-state index in [1.165, 1.54) is 11.8 Å². The van der Waals surface area contributed by atoms with Crippen molar-refractivity contribution in [1.29, 1.82) is 0 Å². The number of hydrogen-bond donors (Lipinski definition) is 2. The normalized spacial score (nSPS) is 10.7. The zero-order valence-electron chi connectivity index (χ0n) is 17.6. The van der Waals surface area contributed by atoms with Gasteiger partial charge in [-0.3, -0.25) is 9.36 Å². The molecule has 1 aromatic heterocycles. The van der Waals surface area contributed by atoms with Crippen LogP contribution in [0.25, 0.3) is 17.1 Å². The van der Waals surface area contributed by atoms with Crippen LogP contribution in [0.15, 0.2) is 84.0 Å². The Morgan fingerprint density at radius 1 is 1.03 bits per heavy atom. The van der Waals surface area contributed by atoms with Crippen molar-refractivity contribution in [3.05, 3.63) is 78.9 Å². The molecular formula is C24H23N5O2S. The summed E-state index contributed by atoms with van der Waals surface area (Å²) in [5.74, 6) is 1.49. The minimum Gasteiger partial charge on any atom is -0.494 e. The standard InChI is InChI=1S/C24H23N5O2S/c1-2-31-21-13-11-19(12-14-21)26-22(30)16-32-24-28-27-23(17-7-6-8-18(25)15-17)29(24)20-9-4-3-5-10-20/h3-15H,2,16,25H2,1H3,(H,26,30). The average Bonchev–Trinajstić information content (AvgIpc) is 3.24. The van der Waals surface area contributed by atoms with Crippen LogP contribution in [0, 0.1) is 0 Å². The summed E-state index contributed by atoms with van der Waals surface area (Å²) in [6.07, 6.45) is 0. The summed E-state index contributed by atoms with van der Waals surface area (Å²) in [5, 5.41) is 12.3. The Morgan fingerprint density at radius 2 is 1.81 bits per heavy atom. The van der Waals surface area contributed by atoms with Crippen LogP contribution in [-0.4, -0.2) is 33.0 Å². The summed E-state index contributed by atoms with van der Waals surface area (Å²) >= 11 is 1.32. The fourth-order valence-corrected chi connectivity index (χ4v) is 3.92. The van der Waals surface area contributed by atoms with Gasteiger partial charge in [0.25, 0.3) is 0 Å². The molecule has 4 rings (SSSR count). The van der Waals surface area contributed by atoms with E-state index in [1.807, 2.05) is 90.4 Å². The third-order valence-corrected chi connectivity index (χ3v) is 5.50. The van der Waals surface area contributed by atoms with Crippen LogP contribution < -0.4 is 15.8 Å². The molecule has 0 atom stereocenters. The van der Waals surface area contributed by atoms with Gasteiger partial charge in [-0.15, -0.1) is 10.2 Å². The number of carbonyl (C=O) groups excluding carboxylic acids is 1. The number of nitrogens with zero attached hydrogens (tertiary/aromatic N) is 3. The fourth-order valence-electron chi connectivity index (χ4n) is 3.17. The lowest BCUT2D eigenvalue weighted by Crippen LogP contribution is -2.14. The minimum absolute atomic E-state index is 0.132. The largest absolute Gasteiger partial charge is 0.494 e. The first-order valence-corrected chi connectivity index (χ1v) is 11.1. The first-order chi connectivity index (χ1) is 15.6. The Bertz CT molecular complexity index is 1190. The van der Waals surface area contributed by atoms with Crippen molar-refractivity contribution in [3.8, 4) is 22.8 Å². The maximum atomic E-state index is 12.5. The summed E-state index contributed by atoms with van der Waals surface area (Å²) in [6, 6.07) is 24.6. The number of thioether (sulfide) groups is 1. The van der Waals surface area contributed by atoms with Gasteiger partial charge in [0.15, 0.2) is 11.0 Å².